The Labute approximate surface area is 241 Å². The Morgan fingerprint density at radius 1 is 0.390 bits per heavy atom. The Kier molecular flexibility index (Phi) is 5.25. The van der Waals surface area contributed by atoms with Gasteiger partial charge in [-0.15, -0.1) is 0 Å². The fourth-order valence-corrected chi connectivity index (χ4v) is 7.00. The third kappa shape index (κ3) is 3.75. The first-order chi connectivity index (χ1) is 20.0. The van der Waals surface area contributed by atoms with Crippen LogP contribution in [0, 0.1) is 0 Å². The van der Waals surface area contributed by atoms with E-state index in [0.29, 0.717) is 0 Å². The van der Waals surface area contributed by atoms with Gasteiger partial charge in [0.05, 0.1) is 0 Å². The summed E-state index contributed by atoms with van der Waals surface area (Å²) in [4.78, 5) is 0. The van der Waals surface area contributed by atoms with Gasteiger partial charge >= 0.3 is 0 Å². The first-order valence-electron chi connectivity index (χ1n) is 14.7. The van der Waals surface area contributed by atoms with Crippen LogP contribution in [-0.2, 0) is 11.8 Å². The summed E-state index contributed by atoms with van der Waals surface area (Å²) in [5.74, 6) is 0. The number of rotatable bonds is 2. The second-order valence-corrected chi connectivity index (χ2v) is 12.5. The molecule has 8 rings (SSSR count). The minimum atomic E-state index is 0.153. The van der Waals surface area contributed by atoms with Crippen LogP contribution in [0.3, 0.4) is 0 Å². The molecule has 0 saturated carbocycles. The van der Waals surface area contributed by atoms with Gasteiger partial charge in [-0.1, -0.05) is 142 Å². The number of hydrogen-bond donors (Lipinski definition) is 0. The van der Waals surface area contributed by atoms with E-state index in [-0.39, 0.29) is 5.41 Å². The van der Waals surface area contributed by atoms with E-state index in [1.54, 1.807) is 0 Å². The molecule has 196 valence electrons. The zero-order valence-electron chi connectivity index (χ0n) is 23.8. The summed E-state index contributed by atoms with van der Waals surface area (Å²) < 4.78 is 0. The molecule has 41 heavy (non-hydrogen) atoms. The van der Waals surface area contributed by atoms with Crippen molar-refractivity contribution in [3.05, 3.63) is 144 Å². The Balaban J connectivity index is 1.28. The molecule has 1 aliphatic rings. The summed E-state index contributed by atoms with van der Waals surface area (Å²) in [6.45, 7) is 6.83. The maximum atomic E-state index is 2.43. The summed E-state index contributed by atoms with van der Waals surface area (Å²) in [6.07, 6.45) is 0.953. The van der Waals surface area contributed by atoms with E-state index < -0.39 is 0 Å². The van der Waals surface area contributed by atoms with Gasteiger partial charge < -0.3 is 0 Å². The van der Waals surface area contributed by atoms with Crippen molar-refractivity contribution in [1.82, 2.24) is 0 Å². The largest absolute Gasteiger partial charge is 0.0616 e. The second-order valence-electron chi connectivity index (χ2n) is 12.5. The molecule has 7 aromatic rings. The summed E-state index contributed by atoms with van der Waals surface area (Å²) in [5, 5.41) is 7.92. The smallest absolute Gasteiger partial charge is 0.000112 e. The van der Waals surface area contributed by atoms with Crippen LogP contribution >= 0.6 is 0 Å². The Hall–Kier alpha value is -4.68. The minimum absolute atomic E-state index is 0.153. The van der Waals surface area contributed by atoms with Crippen LogP contribution in [0.15, 0.2) is 127 Å². The van der Waals surface area contributed by atoms with Gasteiger partial charge in [0.2, 0.25) is 0 Å². The van der Waals surface area contributed by atoms with Crippen LogP contribution in [0.25, 0.3) is 65.7 Å². The van der Waals surface area contributed by atoms with E-state index in [1.165, 1.54) is 82.4 Å². The number of fused-ring (bicyclic) bond motifs is 9. The first kappa shape index (κ1) is 24.1. The number of hydrogen-bond acceptors (Lipinski definition) is 0. The third-order valence-corrected chi connectivity index (χ3v) is 9.11. The molecule has 0 nitrogen and oxygen atoms in total. The van der Waals surface area contributed by atoms with Gasteiger partial charge in [-0.2, -0.15) is 0 Å². The summed E-state index contributed by atoms with van der Waals surface area (Å²) in [6, 6.07) is 47.6. The molecule has 0 atom stereocenters. The molecule has 0 unspecified atom stereocenters. The zero-order chi connectivity index (χ0) is 27.7. The molecular weight excluding hydrogens is 492 g/mol. The van der Waals surface area contributed by atoms with Gasteiger partial charge in [0.25, 0.3) is 0 Å². The van der Waals surface area contributed by atoms with Crippen molar-refractivity contribution in [2.45, 2.75) is 32.6 Å². The van der Waals surface area contributed by atoms with Gasteiger partial charge in [-0.05, 0) is 100 Å². The molecule has 0 heterocycles. The fraction of sp³-hybridized carbons (Fsp3) is 0.122. The topological polar surface area (TPSA) is 0 Å². The molecule has 0 saturated heterocycles. The van der Waals surface area contributed by atoms with E-state index in [0.717, 1.165) is 6.42 Å². The first-order valence-corrected chi connectivity index (χ1v) is 14.7. The molecule has 0 fully saturated rings. The van der Waals surface area contributed by atoms with Crippen molar-refractivity contribution in [2.75, 3.05) is 0 Å². The van der Waals surface area contributed by atoms with Crippen molar-refractivity contribution in [1.29, 1.82) is 0 Å². The normalized spacial score (nSPS) is 12.7. The fourth-order valence-electron chi connectivity index (χ4n) is 7.00. The lowest BCUT2D eigenvalue weighted by molar-refractivity contribution is 0.590. The zero-order valence-corrected chi connectivity index (χ0v) is 23.8. The molecule has 0 aromatic heterocycles. The van der Waals surface area contributed by atoms with Crippen LogP contribution in [0.1, 0.15) is 37.5 Å². The van der Waals surface area contributed by atoms with Gasteiger partial charge in [0.1, 0.15) is 0 Å². The van der Waals surface area contributed by atoms with Crippen LogP contribution in [-0.4, -0.2) is 0 Å². The molecular formula is C41H32. The van der Waals surface area contributed by atoms with E-state index in [9.17, 15) is 0 Å². The van der Waals surface area contributed by atoms with E-state index in [1.807, 2.05) is 0 Å². The molecule has 0 aliphatic heterocycles. The minimum Gasteiger partial charge on any atom is -0.0616 e. The lowest BCUT2D eigenvalue weighted by Crippen LogP contribution is -2.10. The average molecular weight is 525 g/mol. The van der Waals surface area contributed by atoms with Crippen molar-refractivity contribution < 1.29 is 0 Å². The number of benzene rings is 7. The van der Waals surface area contributed by atoms with Crippen LogP contribution in [0.2, 0.25) is 0 Å². The quantitative estimate of drug-likeness (QED) is 0.197. The predicted molar refractivity (Wildman–Crippen MR) is 177 cm³/mol. The summed E-state index contributed by atoms with van der Waals surface area (Å²) in [5.41, 5.74) is 12.4. The van der Waals surface area contributed by atoms with Gasteiger partial charge in [-0.3, -0.25) is 0 Å². The highest BCUT2D eigenvalue weighted by Crippen LogP contribution is 2.46. The van der Waals surface area contributed by atoms with E-state index in [2.05, 4.69) is 148 Å². The maximum Gasteiger partial charge on any atom is -0.000112 e. The van der Waals surface area contributed by atoms with Crippen LogP contribution in [0.4, 0.5) is 0 Å². The van der Waals surface area contributed by atoms with Gasteiger partial charge in [0, 0.05) is 0 Å². The molecule has 0 spiro atoms. The highest BCUT2D eigenvalue weighted by Gasteiger charge is 2.25. The third-order valence-electron chi connectivity index (χ3n) is 9.11. The lowest BCUT2D eigenvalue weighted by atomic mass is 9.85. The van der Waals surface area contributed by atoms with Crippen molar-refractivity contribution in [2.24, 2.45) is 0 Å². The SMILES string of the molecule is CC(C)(C)c1ccc(-c2cccc3c2Cc2c(-c4ccc5c6ccccc6c6ccccc6c5c4)cccc2-3)cc1. The van der Waals surface area contributed by atoms with E-state index in [4.69, 9.17) is 0 Å². The van der Waals surface area contributed by atoms with Crippen LogP contribution in [0.5, 0.6) is 0 Å². The van der Waals surface area contributed by atoms with Gasteiger partial charge in [-0.25, -0.2) is 0 Å². The molecule has 1 aliphatic carbocycles. The van der Waals surface area contributed by atoms with Crippen molar-refractivity contribution >= 4 is 32.3 Å². The van der Waals surface area contributed by atoms with Gasteiger partial charge in [0.15, 0.2) is 0 Å². The molecule has 7 aromatic carbocycles. The summed E-state index contributed by atoms with van der Waals surface area (Å²) in [7, 11) is 0. The average Bonchev–Trinajstić information content (AvgIpc) is 3.40. The summed E-state index contributed by atoms with van der Waals surface area (Å²) >= 11 is 0. The highest BCUT2D eigenvalue weighted by molar-refractivity contribution is 6.25. The monoisotopic (exact) mass is 524 g/mol. The van der Waals surface area contributed by atoms with E-state index >= 15 is 0 Å². The van der Waals surface area contributed by atoms with Crippen molar-refractivity contribution in [3.8, 4) is 33.4 Å². The Morgan fingerprint density at radius 2 is 0.829 bits per heavy atom. The highest BCUT2D eigenvalue weighted by atomic mass is 14.3. The molecule has 0 amide bonds. The maximum absolute atomic E-state index is 2.43. The van der Waals surface area contributed by atoms with Crippen LogP contribution < -0.4 is 0 Å². The second kappa shape index (κ2) is 8.91. The Morgan fingerprint density at radius 3 is 1.37 bits per heavy atom. The lowest BCUT2D eigenvalue weighted by Gasteiger charge is -2.19. The molecule has 0 radical (unpaired) electrons. The standard InChI is InChI=1S/C41H32/c1-41(2,3)28-21-18-26(19-22-28)29-14-8-16-35-36-17-9-15-30(40(36)25-39(29)35)27-20-23-37-33-12-5-4-10-31(33)32-11-6-7-13-34(32)38(37)24-27/h4-24H,25H2,1-3H3. The molecule has 0 N–H and O–H groups in total. The Bertz CT molecular complexity index is 2100. The van der Waals surface area contributed by atoms with Crippen molar-refractivity contribution in [3.63, 3.8) is 0 Å². The predicted octanol–water partition coefficient (Wildman–Crippen LogP) is 11.3. The molecule has 0 bridgehead atoms. The molecule has 0 heteroatoms.